The molecule has 0 saturated carbocycles. The van der Waals surface area contributed by atoms with Gasteiger partial charge in [-0.15, -0.1) is 59.3 Å². The summed E-state index contributed by atoms with van der Waals surface area (Å²) in [6.07, 6.45) is 0. The molecule has 4 rings (SSSR count). The van der Waals surface area contributed by atoms with Crippen LogP contribution in [0.4, 0.5) is 0 Å². The van der Waals surface area contributed by atoms with Crippen LogP contribution in [0.5, 0.6) is 0 Å². The molecule has 0 N–H and O–H groups in total. The number of benzene rings is 2. The third-order valence-corrected chi connectivity index (χ3v) is 3.10. The van der Waals surface area contributed by atoms with Gasteiger partial charge in [0.2, 0.25) is 0 Å². The first-order chi connectivity index (χ1) is 8.93. The molecule has 4 aromatic rings. The first-order valence-electron chi connectivity index (χ1n) is 6.14. The van der Waals surface area contributed by atoms with E-state index >= 15 is 0 Å². The van der Waals surface area contributed by atoms with Crippen LogP contribution in [0.25, 0.3) is 21.5 Å². The average molecular weight is 539 g/mol. The molecule has 0 fully saturated rings. The smallest absolute Gasteiger partial charge is 1.00 e. The molecule has 0 heterocycles. The van der Waals surface area contributed by atoms with E-state index in [1.54, 1.807) is 0 Å². The molecule has 0 saturated heterocycles. The summed E-state index contributed by atoms with van der Waals surface area (Å²) in [4.78, 5) is 0. The largest absolute Gasteiger partial charge is 4.00 e. The first kappa shape index (κ1) is 20.3. The zero-order valence-corrected chi connectivity index (χ0v) is 17.0. The van der Waals surface area contributed by atoms with E-state index in [1.807, 2.05) is 0 Å². The Morgan fingerprint density at radius 1 is 0.524 bits per heavy atom. The quantitative estimate of drug-likeness (QED) is 0.255. The van der Waals surface area contributed by atoms with E-state index in [4.69, 9.17) is 0 Å². The van der Waals surface area contributed by atoms with E-state index in [-0.39, 0.29) is 55.9 Å². The minimum atomic E-state index is 0. The van der Waals surface area contributed by atoms with E-state index in [9.17, 15) is 0 Å². The second kappa shape index (κ2) is 10.1. The Hall–Kier alpha value is -0.708. The van der Waals surface area contributed by atoms with Gasteiger partial charge in [0.15, 0.2) is 0 Å². The van der Waals surface area contributed by atoms with Gasteiger partial charge in [-0.25, -0.2) is 0 Å². The van der Waals surface area contributed by atoms with Crippen molar-refractivity contribution < 1.29 is 55.9 Å². The van der Waals surface area contributed by atoms with Crippen molar-refractivity contribution >= 4 is 21.5 Å². The van der Waals surface area contributed by atoms with Crippen molar-refractivity contribution in [2.24, 2.45) is 0 Å². The fourth-order valence-electron chi connectivity index (χ4n) is 2.14. The van der Waals surface area contributed by atoms with Gasteiger partial charge in [0.1, 0.15) is 0 Å². The van der Waals surface area contributed by atoms with Gasteiger partial charge in [0, 0.05) is 0 Å². The standard InChI is InChI=1S/2C9H7.2ClH.U/c2*1-2-5-9-7-3-6-8(9)4-1;;;/h2*1-7H;2*1H;/q2*-1;;;+4/p-2. The fourth-order valence-corrected chi connectivity index (χ4v) is 2.14. The molecule has 0 bridgehead atoms. The third kappa shape index (κ3) is 5.20. The summed E-state index contributed by atoms with van der Waals surface area (Å²) in [6.45, 7) is 0. The molecule has 0 aromatic heterocycles. The monoisotopic (exact) mass is 538 g/mol. The normalized spacial score (nSPS) is 8.76. The van der Waals surface area contributed by atoms with Crippen LogP contribution in [0.2, 0.25) is 0 Å². The van der Waals surface area contributed by atoms with Gasteiger partial charge in [0.25, 0.3) is 0 Å². The molecule has 3 heteroatoms. The van der Waals surface area contributed by atoms with Gasteiger partial charge in [0.05, 0.1) is 0 Å². The minimum Gasteiger partial charge on any atom is -1.00 e. The summed E-state index contributed by atoms with van der Waals surface area (Å²) < 4.78 is 0. The summed E-state index contributed by atoms with van der Waals surface area (Å²) in [5, 5.41) is 5.32. The van der Waals surface area contributed by atoms with Crippen molar-refractivity contribution in [1.29, 1.82) is 0 Å². The Balaban J connectivity index is 0.000000333. The number of hydrogen-bond donors (Lipinski definition) is 0. The Morgan fingerprint density at radius 2 is 0.905 bits per heavy atom. The predicted molar refractivity (Wildman–Crippen MR) is 79.1 cm³/mol. The van der Waals surface area contributed by atoms with Crippen LogP contribution in [0.1, 0.15) is 0 Å². The Bertz CT molecular complexity index is 629. The molecule has 0 nitrogen and oxygen atoms in total. The zero-order valence-electron chi connectivity index (χ0n) is 11.3. The van der Waals surface area contributed by atoms with Gasteiger partial charge < -0.3 is 24.8 Å². The van der Waals surface area contributed by atoms with Crippen molar-refractivity contribution in [2.75, 3.05) is 0 Å². The molecule has 4 aromatic carbocycles. The van der Waals surface area contributed by atoms with Crippen LogP contribution in [-0.2, 0) is 0 Å². The molecular formula is C18H14Cl2U. The van der Waals surface area contributed by atoms with Crippen molar-refractivity contribution in [3.05, 3.63) is 84.9 Å². The van der Waals surface area contributed by atoms with E-state index < -0.39 is 0 Å². The van der Waals surface area contributed by atoms with Crippen LogP contribution in [0.15, 0.2) is 84.9 Å². The van der Waals surface area contributed by atoms with E-state index in [1.165, 1.54) is 21.5 Å². The molecule has 0 aliphatic rings. The van der Waals surface area contributed by atoms with E-state index in [2.05, 4.69) is 84.9 Å². The molecule has 21 heavy (non-hydrogen) atoms. The Labute approximate surface area is 161 Å². The maximum atomic E-state index is 2.12. The van der Waals surface area contributed by atoms with Gasteiger partial charge in [-0.05, 0) is 0 Å². The molecule has 0 aliphatic carbocycles. The Kier molecular flexibility index (Phi) is 9.75. The summed E-state index contributed by atoms with van der Waals surface area (Å²) in [5.74, 6) is 0. The molecule has 0 radical (unpaired) electrons. The first-order valence-corrected chi connectivity index (χ1v) is 6.14. The predicted octanol–water partition coefficient (Wildman–Crippen LogP) is -0.875. The molecular weight excluding hydrogens is 525 g/mol. The average Bonchev–Trinajstić information content (AvgIpc) is 3.08. The summed E-state index contributed by atoms with van der Waals surface area (Å²) >= 11 is 0. The second-order valence-corrected chi connectivity index (χ2v) is 4.31. The third-order valence-electron chi connectivity index (χ3n) is 3.10. The van der Waals surface area contributed by atoms with Crippen LogP contribution in [0.3, 0.4) is 0 Å². The maximum absolute atomic E-state index is 2.12. The molecule has 0 atom stereocenters. The topological polar surface area (TPSA) is 0 Å². The van der Waals surface area contributed by atoms with Gasteiger partial charge in [-0.2, -0.15) is 35.0 Å². The van der Waals surface area contributed by atoms with Crippen molar-refractivity contribution in [2.45, 2.75) is 0 Å². The second-order valence-electron chi connectivity index (χ2n) is 4.31. The maximum Gasteiger partial charge on any atom is 4.00 e. The van der Waals surface area contributed by atoms with Crippen LogP contribution in [0, 0.1) is 31.1 Å². The number of fused-ring (bicyclic) bond motifs is 2. The van der Waals surface area contributed by atoms with E-state index in [0.29, 0.717) is 0 Å². The minimum absolute atomic E-state index is 0. The summed E-state index contributed by atoms with van der Waals surface area (Å²) in [7, 11) is 0. The molecule has 0 aliphatic heterocycles. The number of halogens is 2. The zero-order chi connectivity index (χ0) is 12.2. The van der Waals surface area contributed by atoms with Gasteiger partial charge in [-0.1, -0.05) is 12.1 Å². The van der Waals surface area contributed by atoms with Crippen molar-refractivity contribution in [1.82, 2.24) is 0 Å². The fraction of sp³-hybridized carbons (Fsp3) is 0. The Morgan fingerprint density at radius 3 is 1.29 bits per heavy atom. The molecule has 104 valence electrons. The summed E-state index contributed by atoms with van der Waals surface area (Å²) in [5.41, 5.74) is 0. The van der Waals surface area contributed by atoms with E-state index in [0.717, 1.165) is 0 Å². The van der Waals surface area contributed by atoms with Crippen molar-refractivity contribution in [3.63, 3.8) is 0 Å². The molecule has 0 spiro atoms. The molecule has 0 unspecified atom stereocenters. The van der Waals surface area contributed by atoms with Gasteiger partial charge in [-0.3, -0.25) is 0 Å². The van der Waals surface area contributed by atoms with Crippen molar-refractivity contribution in [3.8, 4) is 0 Å². The number of rotatable bonds is 0. The van der Waals surface area contributed by atoms with Crippen LogP contribution >= 0.6 is 0 Å². The molecule has 0 amide bonds. The SMILES string of the molecule is [Cl-].[Cl-].[U+4].c1ccc2[cH-]ccc2c1.c1ccc2[cH-]ccc2c1. The van der Waals surface area contributed by atoms with Crippen LogP contribution in [-0.4, -0.2) is 0 Å². The van der Waals surface area contributed by atoms with Gasteiger partial charge >= 0.3 is 31.1 Å². The number of hydrogen-bond acceptors (Lipinski definition) is 0. The van der Waals surface area contributed by atoms with Crippen LogP contribution < -0.4 is 24.8 Å². The summed E-state index contributed by atoms with van der Waals surface area (Å²) in [6, 6.07) is 29.3.